The Hall–Kier alpha value is -0.710. The average Bonchev–Trinajstić information content (AvgIpc) is 2.97. The third-order valence-corrected chi connectivity index (χ3v) is 5.64. The van der Waals surface area contributed by atoms with E-state index >= 15 is 0 Å². The fourth-order valence-corrected chi connectivity index (χ4v) is 4.71. The molecule has 2 aromatic rings. The van der Waals surface area contributed by atoms with E-state index in [0.29, 0.717) is 0 Å². The van der Waals surface area contributed by atoms with Gasteiger partial charge in [-0.25, -0.2) is 4.98 Å². The van der Waals surface area contributed by atoms with Crippen LogP contribution in [0.15, 0.2) is 22.7 Å². The third kappa shape index (κ3) is 2.69. The summed E-state index contributed by atoms with van der Waals surface area (Å²) in [5, 5.41) is 4.79. The van der Waals surface area contributed by atoms with Crippen molar-refractivity contribution >= 4 is 27.3 Å². The number of hydrogen-bond donors (Lipinski definition) is 1. The first-order chi connectivity index (χ1) is 9.69. The molecule has 1 unspecified atom stereocenters. The minimum Gasteiger partial charge on any atom is -0.305 e. The average molecular weight is 351 g/mol. The Bertz CT molecular complexity index is 599. The van der Waals surface area contributed by atoms with E-state index in [1.165, 1.54) is 44.0 Å². The van der Waals surface area contributed by atoms with Crippen LogP contribution in [-0.4, -0.2) is 11.5 Å². The summed E-state index contributed by atoms with van der Waals surface area (Å²) in [5.41, 5.74) is 3.89. The van der Waals surface area contributed by atoms with E-state index in [-0.39, 0.29) is 6.04 Å². The summed E-state index contributed by atoms with van der Waals surface area (Å²) >= 11 is 5.59. The molecule has 0 aliphatic heterocycles. The van der Waals surface area contributed by atoms with Gasteiger partial charge in [-0.15, -0.1) is 11.3 Å². The lowest BCUT2D eigenvalue weighted by Crippen LogP contribution is -2.22. The van der Waals surface area contributed by atoms with Gasteiger partial charge in [0.15, 0.2) is 0 Å². The van der Waals surface area contributed by atoms with Crippen molar-refractivity contribution in [2.75, 3.05) is 6.54 Å². The lowest BCUT2D eigenvalue weighted by Gasteiger charge is -2.18. The highest BCUT2D eigenvalue weighted by Gasteiger charge is 2.23. The number of aromatic nitrogens is 1. The maximum absolute atomic E-state index is 4.88. The zero-order valence-corrected chi connectivity index (χ0v) is 14.3. The molecule has 1 heterocycles. The highest BCUT2D eigenvalue weighted by molar-refractivity contribution is 9.10. The van der Waals surface area contributed by atoms with E-state index in [2.05, 4.69) is 53.3 Å². The van der Waals surface area contributed by atoms with Gasteiger partial charge < -0.3 is 5.32 Å². The van der Waals surface area contributed by atoms with Crippen molar-refractivity contribution in [1.29, 1.82) is 0 Å². The summed E-state index contributed by atoms with van der Waals surface area (Å²) in [5.74, 6) is 0. The van der Waals surface area contributed by atoms with Crippen LogP contribution in [-0.2, 0) is 12.8 Å². The van der Waals surface area contributed by atoms with Crippen LogP contribution in [0.4, 0.5) is 0 Å². The molecule has 0 bridgehead atoms. The van der Waals surface area contributed by atoms with Crippen molar-refractivity contribution in [2.24, 2.45) is 0 Å². The van der Waals surface area contributed by atoms with Gasteiger partial charge in [0.2, 0.25) is 0 Å². The van der Waals surface area contributed by atoms with Crippen molar-refractivity contribution in [3.63, 3.8) is 0 Å². The maximum Gasteiger partial charge on any atom is 0.115 e. The standard InChI is InChI=1S/C16H19BrN2S/c1-3-18-15(11-8-7-10(2)9-12(11)17)16-19-13-5-4-6-14(13)20-16/h7-9,15,18H,3-6H2,1-2H3. The molecule has 1 aromatic heterocycles. The summed E-state index contributed by atoms with van der Waals surface area (Å²) in [6.45, 7) is 5.21. The molecule has 0 radical (unpaired) electrons. The molecular formula is C16H19BrN2S. The summed E-state index contributed by atoms with van der Waals surface area (Å²) < 4.78 is 1.17. The van der Waals surface area contributed by atoms with Crippen LogP contribution in [0.5, 0.6) is 0 Å². The van der Waals surface area contributed by atoms with Gasteiger partial charge in [0.1, 0.15) is 5.01 Å². The Morgan fingerprint density at radius 2 is 2.25 bits per heavy atom. The monoisotopic (exact) mass is 350 g/mol. The van der Waals surface area contributed by atoms with Crippen LogP contribution in [0.25, 0.3) is 0 Å². The predicted molar refractivity (Wildman–Crippen MR) is 88.5 cm³/mol. The van der Waals surface area contributed by atoms with E-state index in [1.54, 1.807) is 0 Å². The van der Waals surface area contributed by atoms with Gasteiger partial charge in [-0.3, -0.25) is 0 Å². The van der Waals surface area contributed by atoms with E-state index in [1.807, 2.05) is 11.3 Å². The molecule has 0 spiro atoms. The first-order valence-corrected chi connectivity index (χ1v) is 8.78. The number of hydrogen-bond acceptors (Lipinski definition) is 3. The Kier molecular flexibility index (Phi) is 4.24. The Balaban J connectivity index is 1.99. The van der Waals surface area contributed by atoms with Crippen LogP contribution in [0.1, 0.15) is 46.1 Å². The minimum atomic E-state index is 0.200. The normalized spacial score (nSPS) is 15.3. The lowest BCUT2D eigenvalue weighted by molar-refractivity contribution is 0.623. The fraction of sp³-hybridized carbons (Fsp3) is 0.438. The minimum absolute atomic E-state index is 0.200. The van der Waals surface area contributed by atoms with Crippen molar-refractivity contribution in [3.8, 4) is 0 Å². The first-order valence-electron chi connectivity index (χ1n) is 7.17. The van der Waals surface area contributed by atoms with Crippen LogP contribution < -0.4 is 5.32 Å². The van der Waals surface area contributed by atoms with Crippen molar-refractivity contribution in [2.45, 2.75) is 39.2 Å². The highest BCUT2D eigenvalue weighted by atomic mass is 79.9. The molecule has 1 aromatic carbocycles. The molecule has 3 rings (SSSR count). The van der Waals surface area contributed by atoms with Gasteiger partial charge in [-0.1, -0.05) is 35.0 Å². The molecule has 1 aliphatic rings. The van der Waals surface area contributed by atoms with Gasteiger partial charge in [-0.2, -0.15) is 0 Å². The summed E-state index contributed by atoms with van der Waals surface area (Å²) in [7, 11) is 0. The predicted octanol–water partition coefficient (Wildman–Crippen LogP) is 4.40. The van der Waals surface area contributed by atoms with Crippen LogP contribution in [0, 0.1) is 6.92 Å². The van der Waals surface area contributed by atoms with Crippen molar-refractivity contribution in [3.05, 3.63) is 49.4 Å². The second-order valence-electron chi connectivity index (χ2n) is 5.29. The van der Waals surface area contributed by atoms with Gasteiger partial charge in [0, 0.05) is 9.35 Å². The molecular weight excluding hydrogens is 332 g/mol. The summed E-state index contributed by atoms with van der Waals surface area (Å²) in [6.07, 6.45) is 3.63. The molecule has 106 valence electrons. The number of nitrogens with one attached hydrogen (secondary N) is 1. The van der Waals surface area contributed by atoms with E-state index in [0.717, 1.165) is 13.0 Å². The molecule has 0 amide bonds. The molecule has 4 heteroatoms. The van der Waals surface area contributed by atoms with Crippen molar-refractivity contribution in [1.82, 2.24) is 10.3 Å². The largest absolute Gasteiger partial charge is 0.305 e. The second-order valence-corrected chi connectivity index (χ2v) is 7.26. The SMILES string of the molecule is CCNC(c1nc2c(s1)CCC2)c1ccc(C)cc1Br. The molecule has 0 saturated carbocycles. The Morgan fingerprint density at radius 1 is 1.40 bits per heavy atom. The van der Waals surface area contributed by atoms with Crippen LogP contribution in [0.3, 0.4) is 0 Å². The van der Waals surface area contributed by atoms with Gasteiger partial charge in [-0.05, 0) is 49.9 Å². The number of halogens is 1. The van der Waals surface area contributed by atoms with E-state index in [4.69, 9.17) is 4.98 Å². The third-order valence-electron chi connectivity index (χ3n) is 3.73. The second kappa shape index (κ2) is 5.96. The number of nitrogens with zero attached hydrogens (tertiary/aromatic N) is 1. The number of aryl methyl sites for hydroxylation is 3. The number of rotatable bonds is 4. The van der Waals surface area contributed by atoms with E-state index in [9.17, 15) is 0 Å². The van der Waals surface area contributed by atoms with E-state index < -0.39 is 0 Å². The molecule has 1 N–H and O–H groups in total. The van der Waals surface area contributed by atoms with Gasteiger partial charge >= 0.3 is 0 Å². The van der Waals surface area contributed by atoms with Gasteiger partial charge in [0.05, 0.1) is 11.7 Å². The number of thiazole rings is 1. The smallest absolute Gasteiger partial charge is 0.115 e. The Labute approximate surface area is 132 Å². The molecule has 0 fully saturated rings. The maximum atomic E-state index is 4.88. The molecule has 2 nitrogen and oxygen atoms in total. The fourth-order valence-electron chi connectivity index (χ4n) is 2.73. The molecule has 1 atom stereocenters. The van der Waals surface area contributed by atoms with Gasteiger partial charge in [0.25, 0.3) is 0 Å². The quantitative estimate of drug-likeness (QED) is 0.883. The summed E-state index contributed by atoms with van der Waals surface area (Å²) in [4.78, 5) is 6.38. The molecule has 1 aliphatic carbocycles. The van der Waals surface area contributed by atoms with Crippen LogP contribution >= 0.6 is 27.3 Å². The number of fused-ring (bicyclic) bond motifs is 1. The first kappa shape index (κ1) is 14.2. The summed E-state index contributed by atoms with van der Waals surface area (Å²) in [6, 6.07) is 6.76. The zero-order chi connectivity index (χ0) is 14.1. The molecule has 20 heavy (non-hydrogen) atoms. The zero-order valence-electron chi connectivity index (χ0n) is 11.9. The highest BCUT2D eigenvalue weighted by Crippen LogP contribution is 2.35. The lowest BCUT2D eigenvalue weighted by atomic mass is 10.1. The number of benzene rings is 1. The molecule has 0 saturated heterocycles. The van der Waals surface area contributed by atoms with Crippen molar-refractivity contribution < 1.29 is 0 Å². The Morgan fingerprint density at radius 3 is 2.95 bits per heavy atom. The van der Waals surface area contributed by atoms with Crippen LogP contribution in [0.2, 0.25) is 0 Å². The topological polar surface area (TPSA) is 24.9 Å².